The molecule has 1 aliphatic rings. The van der Waals surface area contributed by atoms with Gasteiger partial charge in [-0.2, -0.15) is 5.10 Å². The summed E-state index contributed by atoms with van der Waals surface area (Å²) in [4.78, 5) is 14.1. The molecule has 5 heteroatoms. The Labute approximate surface area is 123 Å². The van der Waals surface area contributed by atoms with Crippen LogP contribution >= 0.6 is 0 Å². The molecule has 2 heterocycles. The molecular formula is C16H18FN3O. The number of benzene rings is 1. The summed E-state index contributed by atoms with van der Waals surface area (Å²) in [6.07, 6.45) is 5.95. The standard InChI is InChI=1S/C16H18FN3O/c17-14-4-2-13(3-5-14)12-16(21)19-10-6-15(7-11-19)20-9-1-8-18-20/h1-5,8-9,15H,6-7,10-12H2. The fourth-order valence-corrected chi connectivity index (χ4v) is 2.77. The Hall–Kier alpha value is -2.17. The van der Waals surface area contributed by atoms with Gasteiger partial charge in [0.1, 0.15) is 5.82 Å². The van der Waals surface area contributed by atoms with Crippen molar-refractivity contribution >= 4 is 5.91 Å². The molecule has 0 radical (unpaired) electrons. The molecular weight excluding hydrogens is 269 g/mol. The maximum atomic E-state index is 12.9. The number of hydrogen-bond acceptors (Lipinski definition) is 2. The summed E-state index contributed by atoms with van der Waals surface area (Å²) in [5, 5.41) is 4.26. The summed E-state index contributed by atoms with van der Waals surface area (Å²) in [6.45, 7) is 1.51. The lowest BCUT2D eigenvalue weighted by Gasteiger charge is -2.32. The van der Waals surface area contributed by atoms with Crippen molar-refractivity contribution in [2.45, 2.75) is 25.3 Å². The van der Waals surface area contributed by atoms with Crippen LogP contribution in [0.15, 0.2) is 42.7 Å². The Morgan fingerprint density at radius 3 is 2.57 bits per heavy atom. The van der Waals surface area contributed by atoms with E-state index in [-0.39, 0.29) is 11.7 Å². The smallest absolute Gasteiger partial charge is 0.226 e. The minimum absolute atomic E-state index is 0.112. The highest BCUT2D eigenvalue weighted by molar-refractivity contribution is 5.78. The van der Waals surface area contributed by atoms with Gasteiger partial charge in [0.2, 0.25) is 5.91 Å². The predicted molar refractivity (Wildman–Crippen MR) is 77.2 cm³/mol. The maximum absolute atomic E-state index is 12.9. The third-order valence-electron chi connectivity index (χ3n) is 3.98. The molecule has 0 spiro atoms. The number of carbonyl (C=O) groups excluding carboxylic acids is 1. The Balaban J connectivity index is 1.54. The number of nitrogens with zero attached hydrogens (tertiary/aromatic N) is 3. The molecule has 0 saturated carbocycles. The number of hydrogen-bond donors (Lipinski definition) is 0. The maximum Gasteiger partial charge on any atom is 0.226 e. The highest BCUT2D eigenvalue weighted by Crippen LogP contribution is 2.22. The second-order valence-electron chi connectivity index (χ2n) is 5.40. The molecule has 1 saturated heterocycles. The van der Waals surface area contributed by atoms with Crippen LogP contribution in [0.2, 0.25) is 0 Å². The lowest BCUT2D eigenvalue weighted by Crippen LogP contribution is -2.39. The van der Waals surface area contributed by atoms with Crippen molar-refractivity contribution in [3.05, 3.63) is 54.1 Å². The van der Waals surface area contributed by atoms with Crippen molar-refractivity contribution < 1.29 is 9.18 Å². The Bertz CT molecular complexity index is 586. The SMILES string of the molecule is O=C(Cc1ccc(F)cc1)N1CCC(n2cccn2)CC1. The predicted octanol–water partition coefficient (Wildman–Crippen LogP) is 2.43. The van der Waals surface area contributed by atoms with E-state index in [1.807, 2.05) is 21.8 Å². The van der Waals surface area contributed by atoms with Gasteiger partial charge in [-0.1, -0.05) is 12.1 Å². The van der Waals surface area contributed by atoms with Crippen LogP contribution in [-0.4, -0.2) is 33.7 Å². The van der Waals surface area contributed by atoms with E-state index >= 15 is 0 Å². The number of piperidine rings is 1. The fourth-order valence-electron chi connectivity index (χ4n) is 2.77. The molecule has 3 rings (SSSR count). The van der Waals surface area contributed by atoms with Crippen LogP contribution in [0.4, 0.5) is 4.39 Å². The molecule has 0 aliphatic carbocycles. The third kappa shape index (κ3) is 3.29. The number of carbonyl (C=O) groups is 1. The van der Waals surface area contributed by atoms with Gasteiger partial charge < -0.3 is 4.90 Å². The van der Waals surface area contributed by atoms with Gasteiger partial charge in [0.05, 0.1) is 12.5 Å². The van der Waals surface area contributed by atoms with Crippen LogP contribution < -0.4 is 0 Å². The summed E-state index contributed by atoms with van der Waals surface area (Å²) >= 11 is 0. The zero-order chi connectivity index (χ0) is 14.7. The number of aromatic nitrogens is 2. The zero-order valence-corrected chi connectivity index (χ0v) is 11.8. The van der Waals surface area contributed by atoms with Crippen molar-refractivity contribution in [3.8, 4) is 0 Å². The lowest BCUT2D eigenvalue weighted by atomic mass is 10.0. The van der Waals surface area contributed by atoms with E-state index in [1.165, 1.54) is 12.1 Å². The lowest BCUT2D eigenvalue weighted by molar-refractivity contribution is -0.131. The molecule has 1 aliphatic heterocycles. The average Bonchev–Trinajstić information content (AvgIpc) is 3.04. The van der Waals surface area contributed by atoms with E-state index in [0.29, 0.717) is 12.5 Å². The Kier molecular flexibility index (Phi) is 3.99. The van der Waals surface area contributed by atoms with Crippen LogP contribution in [0.25, 0.3) is 0 Å². The molecule has 1 aromatic heterocycles. The number of halogens is 1. The summed E-state index contributed by atoms with van der Waals surface area (Å²) in [7, 11) is 0. The molecule has 1 amide bonds. The fraction of sp³-hybridized carbons (Fsp3) is 0.375. The van der Waals surface area contributed by atoms with Crippen LogP contribution in [-0.2, 0) is 11.2 Å². The first kappa shape index (κ1) is 13.8. The minimum atomic E-state index is -0.272. The van der Waals surface area contributed by atoms with E-state index in [0.717, 1.165) is 31.5 Å². The van der Waals surface area contributed by atoms with Gasteiger partial charge >= 0.3 is 0 Å². The van der Waals surface area contributed by atoms with Gasteiger partial charge in [-0.15, -0.1) is 0 Å². The van der Waals surface area contributed by atoms with E-state index < -0.39 is 0 Å². The van der Waals surface area contributed by atoms with Crippen LogP contribution in [0, 0.1) is 5.82 Å². The first-order valence-corrected chi connectivity index (χ1v) is 7.24. The van der Waals surface area contributed by atoms with E-state index in [4.69, 9.17) is 0 Å². The highest BCUT2D eigenvalue weighted by atomic mass is 19.1. The van der Waals surface area contributed by atoms with Crippen LogP contribution in [0.3, 0.4) is 0 Å². The molecule has 2 aromatic rings. The second-order valence-corrected chi connectivity index (χ2v) is 5.40. The summed E-state index contributed by atoms with van der Waals surface area (Å²) in [5.41, 5.74) is 0.857. The van der Waals surface area contributed by atoms with Crippen molar-refractivity contribution in [3.63, 3.8) is 0 Å². The van der Waals surface area contributed by atoms with Crippen molar-refractivity contribution in [2.75, 3.05) is 13.1 Å². The molecule has 0 bridgehead atoms. The molecule has 0 unspecified atom stereocenters. The van der Waals surface area contributed by atoms with Crippen molar-refractivity contribution in [1.29, 1.82) is 0 Å². The van der Waals surface area contributed by atoms with Crippen molar-refractivity contribution in [2.24, 2.45) is 0 Å². The molecule has 110 valence electrons. The topological polar surface area (TPSA) is 38.1 Å². The van der Waals surface area contributed by atoms with Crippen LogP contribution in [0.5, 0.6) is 0 Å². The first-order chi connectivity index (χ1) is 10.2. The second kappa shape index (κ2) is 6.08. The van der Waals surface area contributed by atoms with Gasteiger partial charge in [-0.3, -0.25) is 9.48 Å². The Morgan fingerprint density at radius 2 is 1.95 bits per heavy atom. The molecule has 0 atom stereocenters. The van der Waals surface area contributed by atoms with Crippen LogP contribution in [0.1, 0.15) is 24.4 Å². The molecule has 21 heavy (non-hydrogen) atoms. The molecule has 1 fully saturated rings. The normalized spacial score (nSPS) is 16.1. The van der Waals surface area contributed by atoms with E-state index in [9.17, 15) is 9.18 Å². The van der Waals surface area contributed by atoms with Gasteiger partial charge in [0.25, 0.3) is 0 Å². The summed E-state index contributed by atoms with van der Waals surface area (Å²) in [6, 6.07) is 8.44. The van der Waals surface area contributed by atoms with Crippen molar-refractivity contribution in [1.82, 2.24) is 14.7 Å². The van der Waals surface area contributed by atoms with E-state index in [2.05, 4.69) is 5.10 Å². The van der Waals surface area contributed by atoms with Gasteiger partial charge in [0, 0.05) is 25.5 Å². The van der Waals surface area contributed by atoms with Gasteiger partial charge in [-0.05, 0) is 36.6 Å². The molecule has 1 aromatic carbocycles. The summed E-state index contributed by atoms with van der Waals surface area (Å²) in [5.74, 6) is -0.160. The van der Waals surface area contributed by atoms with Gasteiger partial charge in [-0.25, -0.2) is 4.39 Å². The highest BCUT2D eigenvalue weighted by Gasteiger charge is 2.23. The largest absolute Gasteiger partial charge is 0.342 e. The van der Waals surface area contributed by atoms with Gasteiger partial charge in [0.15, 0.2) is 0 Å². The average molecular weight is 287 g/mol. The molecule has 4 nitrogen and oxygen atoms in total. The summed E-state index contributed by atoms with van der Waals surface area (Å²) < 4.78 is 14.8. The monoisotopic (exact) mass is 287 g/mol. The number of rotatable bonds is 3. The zero-order valence-electron chi connectivity index (χ0n) is 11.8. The number of likely N-dealkylation sites (tertiary alicyclic amines) is 1. The Morgan fingerprint density at radius 1 is 1.24 bits per heavy atom. The molecule has 0 N–H and O–H groups in total. The third-order valence-corrected chi connectivity index (χ3v) is 3.98. The first-order valence-electron chi connectivity index (χ1n) is 7.24. The number of amides is 1. The quantitative estimate of drug-likeness (QED) is 0.869. The minimum Gasteiger partial charge on any atom is -0.342 e. The van der Waals surface area contributed by atoms with E-state index in [1.54, 1.807) is 18.3 Å².